The number of piperidine rings is 3. The Bertz CT molecular complexity index is 515. The summed E-state index contributed by atoms with van der Waals surface area (Å²) < 4.78 is 5.12. The predicted octanol–water partition coefficient (Wildman–Crippen LogP) is 2.81. The third-order valence-corrected chi connectivity index (χ3v) is 4.67. The summed E-state index contributed by atoms with van der Waals surface area (Å²) in [5.74, 6) is 0.382. The van der Waals surface area contributed by atoms with E-state index in [1.165, 1.54) is 24.0 Å². The summed E-state index contributed by atoms with van der Waals surface area (Å²) in [6, 6.07) is 10.9. The molecule has 0 aromatic heterocycles. The fraction of sp³-hybridized carbons (Fsp3) is 0.500. The number of hydrogen-bond acceptors (Lipinski definition) is 3. The Labute approximate surface area is 126 Å². The van der Waals surface area contributed by atoms with Crippen LogP contribution >= 0.6 is 0 Å². The van der Waals surface area contributed by atoms with Gasteiger partial charge in [0.2, 0.25) is 0 Å². The zero-order valence-electron chi connectivity index (χ0n) is 12.6. The van der Waals surface area contributed by atoms with Crippen LogP contribution in [-0.2, 0) is 16.0 Å². The lowest BCUT2D eigenvalue weighted by Gasteiger charge is -2.47. The molecule has 3 nitrogen and oxygen atoms in total. The van der Waals surface area contributed by atoms with Gasteiger partial charge in [0.15, 0.2) is 0 Å². The number of fused-ring (bicyclic) bond motifs is 3. The van der Waals surface area contributed by atoms with Gasteiger partial charge in [-0.1, -0.05) is 30.3 Å². The molecule has 112 valence electrons. The van der Waals surface area contributed by atoms with Crippen molar-refractivity contribution in [1.29, 1.82) is 0 Å². The average Bonchev–Trinajstić information content (AvgIpc) is 2.52. The maximum atomic E-state index is 11.9. The molecule has 21 heavy (non-hydrogen) atoms. The molecular weight excluding hydrogens is 262 g/mol. The van der Waals surface area contributed by atoms with Crippen LogP contribution in [0.3, 0.4) is 0 Å². The topological polar surface area (TPSA) is 29.5 Å². The number of nitrogens with zero attached hydrogens (tertiary/aromatic N) is 1. The fourth-order valence-corrected chi connectivity index (χ4v) is 3.65. The minimum absolute atomic E-state index is 0.181. The number of carbonyl (C=O) groups excluding carboxylic acids is 1. The van der Waals surface area contributed by atoms with Gasteiger partial charge in [0, 0.05) is 12.1 Å². The van der Waals surface area contributed by atoms with E-state index in [0.717, 1.165) is 19.5 Å². The van der Waals surface area contributed by atoms with Gasteiger partial charge in [0.25, 0.3) is 0 Å². The molecule has 1 unspecified atom stereocenters. The Hall–Kier alpha value is -1.61. The molecule has 1 aromatic carbocycles. The van der Waals surface area contributed by atoms with Gasteiger partial charge in [-0.05, 0) is 56.3 Å². The molecule has 0 radical (unpaired) electrons. The van der Waals surface area contributed by atoms with Crippen LogP contribution in [0, 0.1) is 5.92 Å². The molecule has 3 heterocycles. The van der Waals surface area contributed by atoms with E-state index in [2.05, 4.69) is 29.2 Å². The highest BCUT2D eigenvalue weighted by Gasteiger charge is 2.38. The van der Waals surface area contributed by atoms with E-state index in [4.69, 9.17) is 4.74 Å². The molecule has 3 saturated heterocycles. The van der Waals surface area contributed by atoms with Crippen LogP contribution in [0.1, 0.15) is 25.3 Å². The number of carbonyl (C=O) groups is 1. The summed E-state index contributed by atoms with van der Waals surface area (Å²) in [5, 5.41) is 0. The van der Waals surface area contributed by atoms with Crippen LogP contribution in [-0.4, -0.2) is 36.6 Å². The van der Waals surface area contributed by atoms with Crippen molar-refractivity contribution in [3.05, 3.63) is 47.5 Å². The van der Waals surface area contributed by atoms with E-state index in [9.17, 15) is 4.79 Å². The Morgan fingerprint density at radius 2 is 2.00 bits per heavy atom. The highest BCUT2D eigenvalue weighted by molar-refractivity contribution is 5.83. The van der Waals surface area contributed by atoms with E-state index in [1.807, 2.05) is 13.0 Å². The molecule has 0 N–H and O–H groups in total. The van der Waals surface area contributed by atoms with Gasteiger partial charge >= 0.3 is 5.97 Å². The maximum Gasteiger partial charge on any atom is 0.330 e. The molecule has 1 aromatic rings. The van der Waals surface area contributed by atoms with Crippen molar-refractivity contribution in [1.82, 2.24) is 4.90 Å². The summed E-state index contributed by atoms with van der Waals surface area (Å²) in [4.78, 5) is 14.4. The lowest BCUT2D eigenvalue weighted by atomic mass is 9.76. The first-order chi connectivity index (χ1) is 10.3. The maximum absolute atomic E-state index is 11.9. The van der Waals surface area contributed by atoms with Gasteiger partial charge in [0.05, 0.1) is 6.61 Å². The number of hydrogen-bond donors (Lipinski definition) is 0. The van der Waals surface area contributed by atoms with Gasteiger partial charge in [-0.25, -0.2) is 4.79 Å². The van der Waals surface area contributed by atoms with Crippen LogP contribution in [0.15, 0.2) is 42.0 Å². The molecule has 0 spiro atoms. The SMILES string of the molecule is CCOC(=O)/C=C1/C2CCN(CC2)C1Cc1ccccc1. The Morgan fingerprint density at radius 3 is 2.67 bits per heavy atom. The summed E-state index contributed by atoms with van der Waals surface area (Å²) in [6.07, 6.45) is 5.11. The molecule has 0 aliphatic carbocycles. The van der Waals surface area contributed by atoms with Crippen molar-refractivity contribution in [3.63, 3.8) is 0 Å². The number of rotatable bonds is 4. The van der Waals surface area contributed by atoms with Crippen molar-refractivity contribution in [3.8, 4) is 0 Å². The number of ether oxygens (including phenoxy) is 1. The zero-order valence-corrected chi connectivity index (χ0v) is 12.6. The highest BCUT2D eigenvalue weighted by Crippen LogP contribution is 2.38. The van der Waals surface area contributed by atoms with Gasteiger partial charge < -0.3 is 4.74 Å². The molecule has 3 aliphatic heterocycles. The second-order valence-corrected chi connectivity index (χ2v) is 5.91. The normalized spacial score (nSPS) is 29.6. The first kappa shape index (κ1) is 14.3. The summed E-state index contributed by atoms with van der Waals surface area (Å²) in [6.45, 7) is 4.61. The third-order valence-electron chi connectivity index (χ3n) is 4.67. The van der Waals surface area contributed by atoms with Crippen molar-refractivity contribution in [2.75, 3.05) is 19.7 Å². The van der Waals surface area contributed by atoms with Crippen LogP contribution in [0.5, 0.6) is 0 Å². The van der Waals surface area contributed by atoms with E-state index in [-0.39, 0.29) is 5.97 Å². The van der Waals surface area contributed by atoms with E-state index >= 15 is 0 Å². The molecular formula is C18H23NO2. The molecule has 0 amide bonds. The molecule has 3 fully saturated rings. The fourth-order valence-electron chi connectivity index (χ4n) is 3.65. The number of benzene rings is 1. The smallest absolute Gasteiger partial charge is 0.330 e. The molecule has 4 rings (SSSR count). The van der Waals surface area contributed by atoms with Gasteiger partial charge in [-0.15, -0.1) is 0 Å². The Balaban J connectivity index is 1.82. The molecule has 2 bridgehead atoms. The zero-order chi connectivity index (χ0) is 14.7. The Kier molecular flexibility index (Phi) is 4.39. The third kappa shape index (κ3) is 3.18. The van der Waals surface area contributed by atoms with Gasteiger partial charge in [-0.3, -0.25) is 4.90 Å². The standard InChI is InChI=1S/C18H23NO2/c1-2-21-18(20)13-16-15-8-10-19(11-9-15)17(16)12-14-6-4-3-5-7-14/h3-7,13,15,17H,2,8-12H2,1H3/b16-13-. The minimum Gasteiger partial charge on any atom is -0.463 e. The minimum atomic E-state index is -0.181. The van der Waals surface area contributed by atoms with Crippen molar-refractivity contribution < 1.29 is 9.53 Å². The van der Waals surface area contributed by atoms with Gasteiger partial charge in [0.1, 0.15) is 0 Å². The monoisotopic (exact) mass is 285 g/mol. The van der Waals surface area contributed by atoms with E-state index in [0.29, 0.717) is 18.6 Å². The second-order valence-electron chi connectivity index (χ2n) is 5.91. The predicted molar refractivity (Wildman–Crippen MR) is 82.9 cm³/mol. The van der Waals surface area contributed by atoms with Crippen LogP contribution in [0.4, 0.5) is 0 Å². The van der Waals surface area contributed by atoms with Crippen LogP contribution in [0.25, 0.3) is 0 Å². The van der Waals surface area contributed by atoms with Crippen LogP contribution in [0.2, 0.25) is 0 Å². The van der Waals surface area contributed by atoms with E-state index < -0.39 is 0 Å². The molecule has 1 atom stereocenters. The van der Waals surface area contributed by atoms with Crippen molar-refractivity contribution >= 4 is 5.97 Å². The summed E-state index contributed by atoms with van der Waals surface area (Å²) in [5.41, 5.74) is 2.62. The van der Waals surface area contributed by atoms with Crippen LogP contribution < -0.4 is 0 Å². The van der Waals surface area contributed by atoms with Gasteiger partial charge in [-0.2, -0.15) is 0 Å². The number of esters is 1. The first-order valence-corrected chi connectivity index (χ1v) is 7.94. The first-order valence-electron chi connectivity index (χ1n) is 7.94. The average molecular weight is 285 g/mol. The summed E-state index contributed by atoms with van der Waals surface area (Å²) >= 11 is 0. The Morgan fingerprint density at radius 1 is 1.29 bits per heavy atom. The lowest BCUT2D eigenvalue weighted by Crippen LogP contribution is -2.51. The van der Waals surface area contributed by atoms with E-state index in [1.54, 1.807) is 6.08 Å². The lowest BCUT2D eigenvalue weighted by molar-refractivity contribution is -0.137. The summed E-state index contributed by atoms with van der Waals surface area (Å²) in [7, 11) is 0. The molecule has 3 heteroatoms. The van der Waals surface area contributed by atoms with Crippen molar-refractivity contribution in [2.45, 2.75) is 32.2 Å². The largest absolute Gasteiger partial charge is 0.463 e. The highest BCUT2D eigenvalue weighted by atomic mass is 16.5. The molecule has 3 aliphatic rings. The molecule has 0 saturated carbocycles. The van der Waals surface area contributed by atoms with Crippen molar-refractivity contribution in [2.24, 2.45) is 5.92 Å². The quantitative estimate of drug-likeness (QED) is 0.629. The second kappa shape index (κ2) is 6.44.